The van der Waals surface area contributed by atoms with Crippen LogP contribution in [0.4, 0.5) is 0 Å². The van der Waals surface area contributed by atoms with Crippen LogP contribution in [0.15, 0.2) is 0 Å². The van der Waals surface area contributed by atoms with Gasteiger partial charge in [0.15, 0.2) is 0 Å². The van der Waals surface area contributed by atoms with Crippen molar-refractivity contribution in [2.75, 3.05) is 32.1 Å². The van der Waals surface area contributed by atoms with Crippen molar-refractivity contribution in [3.63, 3.8) is 0 Å². The summed E-state index contributed by atoms with van der Waals surface area (Å²) in [6.07, 6.45) is 4.11. The molecule has 0 aliphatic carbocycles. The number of nitrogens with zero attached hydrogens (tertiary/aromatic N) is 1. The van der Waals surface area contributed by atoms with Crippen molar-refractivity contribution >= 4 is 10.0 Å². The molecule has 0 aromatic carbocycles. The highest BCUT2D eigenvalue weighted by Crippen LogP contribution is 2.19. The van der Waals surface area contributed by atoms with Crippen LogP contribution in [0.5, 0.6) is 0 Å². The Bertz CT molecular complexity index is 327. The molecule has 2 fully saturated rings. The second-order valence-electron chi connectivity index (χ2n) is 4.99. The molecule has 2 rings (SSSR count). The minimum absolute atomic E-state index is 0.0627. The van der Waals surface area contributed by atoms with Crippen molar-refractivity contribution in [1.29, 1.82) is 0 Å². The topological polar surface area (TPSA) is 55.8 Å². The van der Waals surface area contributed by atoms with E-state index in [9.17, 15) is 8.42 Å². The first-order valence-corrected chi connectivity index (χ1v) is 8.44. The lowest BCUT2D eigenvalue weighted by atomic mass is 10.2. The van der Waals surface area contributed by atoms with E-state index in [1.54, 1.807) is 11.2 Å². The molecule has 0 saturated carbocycles. The minimum Gasteiger partial charge on any atom is -0.377 e. The van der Waals surface area contributed by atoms with E-state index in [-0.39, 0.29) is 18.0 Å². The third-order valence-corrected chi connectivity index (χ3v) is 5.44. The minimum atomic E-state index is -3.16. The van der Waals surface area contributed by atoms with Crippen molar-refractivity contribution in [3.8, 4) is 0 Å². The van der Waals surface area contributed by atoms with E-state index in [2.05, 4.69) is 0 Å². The number of hydrogen-bond acceptors (Lipinski definition) is 4. The molecular weight excluding hydrogens is 254 g/mol. The maximum absolute atomic E-state index is 12.1. The molecule has 2 unspecified atom stereocenters. The first kappa shape index (κ1) is 14.2. The predicted molar refractivity (Wildman–Crippen MR) is 69.0 cm³/mol. The maximum Gasteiger partial charge on any atom is 0.214 e. The second-order valence-corrected chi connectivity index (χ2v) is 7.25. The molecule has 0 spiro atoms. The molecule has 2 heterocycles. The van der Waals surface area contributed by atoms with E-state index in [0.717, 1.165) is 38.9 Å². The summed E-state index contributed by atoms with van der Waals surface area (Å²) in [5, 5.41) is 0. The van der Waals surface area contributed by atoms with Gasteiger partial charge in [-0.15, -0.1) is 0 Å². The largest absolute Gasteiger partial charge is 0.377 e. The van der Waals surface area contributed by atoms with Crippen LogP contribution in [0.1, 0.15) is 32.6 Å². The zero-order chi connectivity index (χ0) is 13.0. The van der Waals surface area contributed by atoms with Crippen LogP contribution in [0.3, 0.4) is 0 Å². The molecule has 2 aliphatic heterocycles. The average Bonchev–Trinajstić information content (AvgIpc) is 3.01. The molecule has 0 aromatic heterocycles. The number of ether oxygens (including phenoxy) is 2. The molecule has 18 heavy (non-hydrogen) atoms. The first-order chi connectivity index (χ1) is 8.62. The lowest BCUT2D eigenvalue weighted by molar-refractivity contribution is 0.0649. The van der Waals surface area contributed by atoms with Gasteiger partial charge in [-0.2, -0.15) is 4.31 Å². The van der Waals surface area contributed by atoms with Gasteiger partial charge in [0.1, 0.15) is 0 Å². The van der Waals surface area contributed by atoms with Gasteiger partial charge in [0.25, 0.3) is 0 Å². The highest BCUT2D eigenvalue weighted by atomic mass is 32.2. The third kappa shape index (κ3) is 3.66. The Kier molecular flexibility index (Phi) is 5.00. The Morgan fingerprint density at radius 3 is 1.89 bits per heavy atom. The smallest absolute Gasteiger partial charge is 0.214 e. The molecule has 0 amide bonds. The summed E-state index contributed by atoms with van der Waals surface area (Å²) in [4.78, 5) is 0. The van der Waals surface area contributed by atoms with Gasteiger partial charge >= 0.3 is 0 Å². The van der Waals surface area contributed by atoms with E-state index in [1.807, 2.05) is 0 Å². The van der Waals surface area contributed by atoms with Crippen molar-refractivity contribution < 1.29 is 17.9 Å². The Morgan fingerprint density at radius 2 is 1.56 bits per heavy atom. The molecule has 5 nitrogen and oxygen atoms in total. The van der Waals surface area contributed by atoms with Crippen molar-refractivity contribution in [2.45, 2.75) is 44.8 Å². The van der Waals surface area contributed by atoms with Gasteiger partial charge in [-0.3, -0.25) is 0 Å². The highest BCUT2D eigenvalue weighted by Gasteiger charge is 2.29. The van der Waals surface area contributed by atoms with Crippen LogP contribution >= 0.6 is 0 Å². The summed E-state index contributed by atoms with van der Waals surface area (Å²) >= 11 is 0. The van der Waals surface area contributed by atoms with Gasteiger partial charge in [-0.1, -0.05) is 0 Å². The maximum atomic E-state index is 12.1. The zero-order valence-corrected chi connectivity index (χ0v) is 11.8. The van der Waals surface area contributed by atoms with Crippen LogP contribution < -0.4 is 0 Å². The van der Waals surface area contributed by atoms with E-state index >= 15 is 0 Å². The summed E-state index contributed by atoms with van der Waals surface area (Å²) in [6, 6.07) is 0. The van der Waals surface area contributed by atoms with Crippen LogP contribution in [0.2, 0.25) is 0 Å². The van der Waals surface area contributed by atoms with Gasteiger partial charge in [0.05, 0.1) is 18.0 Å². The molecule has 106 valence electrons. The summed E-state index contributed by atoms with van der Waals surface area (Å²) in [5.41, 5.74) is 0. The molecule has 2 saturated heterocycles. The molecule has 0 aromatic rings. The quantitative estimate of drug-likeness (QED) is 0.726. The van der Waals surface area contributed by atoms with Crippen molar-refractivity contribution in [3.05, 3.63) is 0 Å². The Labute approximate surface area is 109 Å². The predicted octanol–water partition coefficient (Wildman–Crippen LogP) is 0.996. The van der Waals surface area contributed by atoms with Crippen molar-refractivity contribution in [1.82, 2.24) is 4.31 Å². The number of hydrogen-bond donors (Lipinski definition) is 0. The molecule has 0 N–H and O–H groups in total. The Hall–Kier alpha value is -0.170. The summed E-state index contributed by atoms with van der Waals surface area (Å²) < 4.78 is 36.8. The zero-order valence-electron chi connectivity index (χ0n) is 11.0. The highest BCUT2D eigenvalue weighted by molar-refractivity contribution is 7.89. The Morgan fingerprint density at radius 1 is 1.06 bits per heavy atom. The van der Waals surface area contributed by atoms with Crippen LogP contribution in [-0.4, -0.2) is 57.0 Å². The van der Waals surface area contributed by atoms with Gasteiger partial charge in [-0.05, 0) is 32.6 Å². The second kappa shape index (κ2) is 6.32. The lowest BCUT2D eigenvalue weighted by Gasteiger charge is -2.26. The molecule has 2 atom stereocenters. The normalized spacial score (nSPS) is 29.2. The summed E-state index contributed by atoms with van der Waals surface area (Å²) in [6.45, 7) is 4.16. The molecule has 2 aliphatic rings. The molecule has 6 heteroatoms. The fourth-order valence-electron chi connectivity index (χ4n) is 2.52. The fourth-order valence-corrected chi connectivity index (χ4v) is 3.67. The monoisotopic (exact) mass is 277 g/mol. The fraction of sp³-hybridized carbons (Fsp3) is 1.00. The van der Waals surface area contributed by atoms with Crippen LogP contribution in [-0.2, 0) is 19.5 Å². The summed E-state index contributed by atoms with van der Waals surface area (Å²) in [5.74, 6) is 0.145. The van der Waals surface area contributed by atoms with E-state index in [1.165, 1.54) is 0 Å². The molecular formula is C12H23NO4S. The standard InChI is InChI=1S/C12H23NO4S/c1-2-18(14,15)13(9-11-5-3-7-16-11)10-12-6-4-8-17-12/h11-12H,2-10H2,1H3. The van der Waals surface area contributed by atoms with E-state index in [0.29, 0.717) is 13.1 Å². The average molecular weight is 277 g/mol. The number of sulfonamides is 1. The van der Waals surface area contributed by atoms with E-state index < -0.39 is 10.0 Å². The SMILES string of the molecule is CCS(=O)(=O)N(CC1CCCO1)CC1CCCO1. The van der Waals surface area contributed by atoms with E-state index in [4.69, 9.17) is 9.47 Å². The lowest BCUT2D eigenvalue weighted by Crippen LogP contribution is -2.42. The summed E-state index contributed by atoms with van der Waals surface area (Å²) in [7, 11) is -3.16. The third-order valence-electron chi connectivity index (χ3n) is 3.62. The van der Waals surface area contributed by atoms with Gasteiger partial charge in [-0.25, -0.2) is 8.42 Å². The first-order valence-electron chi connectivity index (χ1n) is 6.83. The Balaban J connectivity index is 1.97. The van der Waals surface area contributed by atoms with Crippen molar-refractivity contribution in [2.24, 2.45) is 0 Å². The van der Waals surface area contributed by atoms with Crippen LogP contribution in [0.25, 0.3) is 0 Å². The van der Waals surface area contributed by atoms with Gasteiger partial charge in [0.2, 0.25) is 10.0 Å². The van der Waals surface area contributed by atoms with Crippen LogP contribution in [0, 0.1) is 0 Å². The molecule has 0 bridgehead atoms. The van der Waals surface area contributed by atoms with Gasteiger partial charge in [0, 0.05) is 26.3 Å². The van der Waals surface area contributed by atoms with Gasteiger partial charge < -0.3 is 9.47 Å². The number of rotatable bonds is 6. The molecule has 0 radical (unpaired) electrons.